The minimum Gasteiger partial charge on any atom is -0.481 e. The number of fused-ring (bicyclic) bond motifs is 1. The molecule has 1 aliphatic heterocycles. The number of aliphatic carboxylic acids is 1. The zero-order chi connectivity index (χ0) is 11.0. The molecule has 0 saturated carbocycles. The van der Waals surface area contributed by atoms with E-state index >= 15 is 0 Å². The molecule has 1 aromatic carbocycles. The molecular formula is C11H12ClNO2. The fourth-order valence-electron chi connectivity index (χ4n) is 1.97. The van der Waals surface area contributed by atoms with E-state index in [1.54, 1.807) is 0 Å². The fourth-order valence-corrected chi connectivity index (χ4v) is 2.13. The van der Waals surface area contributed by atoms with Crippen molar-refractivity contribution in [1.29, 1.82) is 0 Å². The minimum absolute atomic E-state index is 0.00494. The van der Waals surface area contributed by atoms with Gasteiger partial charge < -0.3 is 10.4 Å². The molecule has 1 unspecified atom stereocenters. The Morgan fingerprint density at radius 1 is 1.67 bits per heavy atom. The lowest BCUT2D eigenvalue weighted by atomic mass is 10.1. The van der Waals surface area contributed by atoms with Gasteiger partial charge in [-0.05, 0) is 30.5 Å². The molecule has 4 heteroatoms. The minimum atomic E-state index is -0.774. The number of hydrogen-bond donors (Lipinski definition) is 2. The van der Waals surface area contributed by atoms with Crippen molar-refractivity contribution < 1.29 is 9.90 Å². The summed E-state index contributed by atoms with van der Waals surface area (Å²) in [6.07, 6.45) is 0.908. The zero-order valence-corrected chi connectivity index (χ0v) is 9.14. The molecule has 2 N–H and O–H groups in total. The summed E-state index contributed by atoms with van der Waals surface area (Å²) in [6, 6.07) is 3.81. The molecule has 15 heavy (non-hydrogen) atoms. The van der Waals surface area contributed by atoms with Gasteiger partial charge in [0.15, 0.2) is 0 Å². The predicted octanol–water partition coefficient (Wildman–Crippen LogP) is 2.46. The Kier molecular flexibility index (Phi) is 2.57. The fraction of sp³-hybridized carbons (Fsp3) is 0.364. The molecule has 0 bridgehead atoms. The van der Waals surface area contributed by atoms with E-state index < -0.39 is 5.97 Å². The first-order valence-electron chi connectivity index (χ1n) is 4.84. The summed E-state index contributed by atoms with van der Waals surface area (Å²) in [6.45, 7) is 1.94. The number of rotatable bonds is 2. The maximum Gasteiger partial charge on any atom is 0.305 e. The second-order valence-corrected chi connectivity index (χ2v) is 4.26. The molecule has 2 rings (SSSR count). The Bertz CT molecular complexity index is 417. The van der Waals surface area contributed by atoms with E-state index in [9.17, 15) is 4.79 Å². The smallest absolute Gasteiger partial charge is 0.305 e. The standard InChI is InChI=1S/C11H12ClNO2/c1-6-9(12)3-2-7-4-8(5-10(14)15)13-11(6)7/h2-3,8,13H,4-5H2,1H3,(H,14,15). The Labute approximate surface area is 93.1 Å². The van der Waals surface area contributed by atoms with E-state index in [-0.39, 0.29) is 12.5 Å². The lowest BCUT2D eigenvalue weighted by Gasteiger charge is -2.09. The van der Waals surface area contributed by atoms with Crippen LogP contribution in [0.1, 0.15) is 17.5 Å². The predicted molar refractivity (Wildman–Crippen MR) is 59.6 cm³/mol. The highest BCUT2D eigenvalue weighted by Gasteiger charge is 2.24. The summed E-state index contributed by atoms with van der Waals surface area (Å²) >= 11 is 5.99. The van der Waals surface area contributed by atoms with Gasteiger partial charge in [-0.25, -0.2) is 0 Å². The van der Waals surface area contributed by atoms with Gasteiger partial charge in [0, 0.05) is 16.8 Å². The van der Waals surface area contributed by atoms with Crippen molar-refractivity contribution in [3.8, 4) is 0 Å². The molecule has 1 aliphatic rings. The average molecular weight is 226 g/mol. The largest absolute Gasteiger partial charge is 0.481 e. The lowest BCUT2D eigenvalue weighted by molar-refractivity contribution is -0.137. The van der Waals surface area contributed by atoms with Crippen molar-refractivity contribution in [2.24, 2.45) is 0 Å². The first kappa shape index (κ1) is 10.3. The van der Waals surface area contributed by atoms with Gasteiger partial charge in [0.05, 0.1) is 6.42 Å². The van der Waals surface area contributed by atoms with Crippen molar-refractivity contribution >= 4 is 23.3 Å². The van der Waals surface area contributed by atoms with E-state index in [0.29, 0.717) is 0 Å². The maximum absolute atomic E-state index is 10.6. The summed E-state index contributed by atoms with van der Waals surface area (Å²) in [4.78, 5) is 10.6. The second kappa shape index (κ2) is 3.74. The van der Waals surface area contributed by atoms with E-state index in [0.717, 1.165) is 28.3 Å². The van der Waals surface area contributed by atoms with Crippen LogP contribution < -0.4 is 5.32 Å². The molecule has 3 nitrogen and oxygen atoms in total. The third-order valence-electron chi connectivity index (χ3n) is 2.72. The molecule has 0 spiro atoms. The van der Waals surface area contributed by atoms with Gasteiger partial charge in [0.1, 0.15) is 0 Å². The number of hydrogen-bond acceptors (Lipinski definition) is 2. The molecule has 0 aliphatic carbocycles. The van der Waals surface area contributed by atoms with Crippen LogP contribution in [0.25, 0.3) is 0 Å². The van der Waals surface area contributed by atoms with Crippen LogP contribution in [0.4, 0.5) is 5.69 Å². The average Bonchev–Trinajstić information content (AvgIpc) is 2.54. The summed E-state index contributed by atoms with van der Waals surface area (Å²) in [7, 11) is 0. The molecule has 0 amide bonds. The first-order chi connectivity index (χ1) is 7.08. The van der Waals surface area contributed by atoms with Gasteiger partial charge in [0.2, 0.25) is 0 Å². The van der Waals surface area contributed by atoms with Gasteiger partial charge in [-0.1, -0.05) is 17.7 Å². The monoisotopic (exact) mass is 225 g/mol. The SMILES string of the molecule is Cc1c(Cl)ccc2c1NC(CC(=O)O)C2. The van der Waals surface area contributed by atoms with Crippen LogP contribution in [0.3, 0.4) is 0 Å². The summed E-state index contributed by atoms with van der Waals surface area (Å²) in [5, 5.41) is 12.6. The number of carboxylic acids is 1. The second-order valence-electron chi connectivity index (χ2n) is 3.85. The topological polar surface area (TPSA) is 49.3 Å². The zero-order valence-electron chi connectivity index (χ0n) is 8.38. The van der Waals surface area contributed by atoms with Crippen molar-refractivity contribution in [1.82, 2.24) is 0 Å². The maximum atomic E-state index is 10.6. The van der Waals surface area contributed by atoms with Crippen LogP contribution in [0.2, 0.25) is 5.02 Å². The van der Waals surface area contributed by atoms with Crippen LogP contribution in [-0.2, 0) is 11.2 Å². The quantitative estimate of drug-likeness (QED) is 0.813. The molecule has 1 atom stereocenters. The van der Waals surface area contributed by atoms with Crippen molar-refractivity contribution in [2.75, 3.05) is 5.32 Å². The summed E-state index contributed by atoms with van der Waals surface area (Å²) < 4.78 is 0. The number of benzene rings is 1. The Hall–Kier alpha value is -1.22. The number of nitrogens with one attached hydrogen (secondary N) is 1. The van der Waals surface area contributed by atoms with Gasteiger partial charge >= 0.3 is 5.97 Å². The third kappa shape index (κ3) is 1.92. The van der Waals surface area contributed by atoms with E-state index in [2.05, 4.69) is 5.32 Å². The van der Waals surface area contributed by atoms with Gasteiger partial charge in [-0.15, -0.1) is 0 Å². The highest BCUT2D eigenvalue weighted by Crippen LogP contribution is 2.34. The molecule has 0 radical (unpaired) electrons. The Morgan fingerprint density at radius 2 is 2.40 bits per heavy atom. The van der Waals surface area contributed by atoms with Crippen molar-refractivity contribution in [2.45, 2.75) is 25.8 Å². The van der Waals surface area contributed by atoms with Gasteiger partial charge in [-0.2, -0.15) is 0 Å². The third-order valence-corrected chi connectivity index (χ3v) is 3.13. The number of carboxylic acid groups (broad SMARTS) is 1. The lowest BCUT2D eigenvalue weighted by Crippen LogP contribution is -2.19. The Balaban J connectivity index is 2.24. The van der Waals surface area contributed by atoms with Crippen molar-refractivity contribution in [3.05, 3.63) is 28.3 Å². The van der Waals surface area contributed by atoms with Crippen LogP contribution >= 0.6 is 11.6 Å². The van der Waals surface area contributed by atoms with Gasteiger partial charge in [-0.3, -0.25) is 4.79 Å². The molecule has 0 aromatic heterocycles. The van der Waals surface area contributed by atoms with E-state index in [1.807, 2.05) is 19.1 Å². The summed E-state index contributed by atoms with van der Waals surface area (Å²) in [5.41, 5.74) is 3.17. The molecular weight excluding hydrogens is 214 g/mol. The van der Waals surface area contributed by atoms with Crippen LogP contribution in [0.5, 0.6) is 0 Å². The van der Waals surface area contributed by atoms with E-state index in [1.165, 1.54) is 0 Å². The Morgan fingerprint density at radius 3 is 3.07 bits per heavy atom. The number of anilines is 1. The highest BCUT2D eigenvalue weighted by molar-refractivity contribution is 6.31. The number of carbonyl (C=O) groups is 1. The highest BCUT2D eigenvalue weighted by atomic mass is 35.5. The van der Waals surface area contributed by atoms with Crippen molar-refractivity contribution in [3.63, 3.8) is 0 Å². The normalized spacial score (nSPS) is 18.4. The van der Waals surface area contributed by atoms with E-state index in [4.69, 9.17) is 16.7 Å². The molecule has 0 fully saturated rings. The molecule has 0 saturated heterocycles. The van der Waals surface area contributed by atoms with Crippen LogP contribution in [-0.4, -0.2) is 17.1 Å². The summed E-state index contributed by atoms with van der Waals surface area (Å²) in [5.74, 6) is -0.774. The molecule has 1 heterocycles. The van der Waals surface area contributed by atoms with Crippen LogP contribution in [0, 0.1) is 6.92 Å². The number of halogens is 1. The molecule has 1 aromatic rings. The molecule has 80 valence electrons. The van der Waals surface area contributed by atoms with Crippen LogP contribution in [0.15, 0.2) is 12.1 Å². The first-order valence-corrected chi connectivity index (χ1v) is 5.22. The van der Waals surface area contributed by atoms with Gasteiger partial charge in [0.25, 0.3) is 0 Å².